The molecule has 36 heavy (non-hydrogen) atoms. The molecule has 0 radical (unpaired) electrons. The molecule has 1 aromatic carbocycles. The van der Waals surface area contributed by atoms with Crippen LogP contribution in [0, 0.1) is 35.8 Å². The predicted molar refractivity (Wildman–Crippen MR) is 131 cm³/mol. The highest BCUT2D eigenvalue weighted by atomic mass is 32.1. The summed E-state index contributed by atoms with van der Waals surface area (Å²) in [4.78, 5) is 40.3. The van der Waals surface area contributed by atoms with E-state index in [9.17, 15) is 24.8 Å². The molecule has 11 heteroatoms. The highest BCUT2D eigenvalue weighted by molar-refractivity contribution is 7.18. The van der Waals surface area contributed by atoms with Crippen molar-refractivity contribution in [1.82, 2.24) is 9.47 Å². The van der Waals surface area contributed by atoms with Gasteiger partial charge in [-0.1, -0.05) is 18.3 Å². The summed E-state index contributed by atoms with van der Waals surface area (Å²) in [6.45, 7) is 7.53. The normalized spacial score (nSPS) is 22.1. The molecule has 1 amide bonds. The van der Waals surface area contributed by atoms with Crippen LogP contribution in [-0.2, 0) is 28.0 Å². The van der Waals surface area contributed by atoms with E-state index < -0.39 is 22.9 Å². The predicted octanol–water partition coefficient (Wildman–Crippen LogP) is 2.66. The van der Waals surface area contributed by atoms with Gasteiger partial charge in [0.2, 0.25) is 10.7 Å². The van der Waals surface area contributed by atoms with Gasteiger partial charge in [-0.2, -0.15) is 4.40 Å². The molecule has 188 valence electrons. The van der Waals surface area contributed by atoms with Crippen molar-refractivity contribution in [2.24, 2.45) is 18.9 Å². The van der Waals surface area contributed by atoms with Gasteiger partial charge in [-0.05, 0) is 24.6 Å². The minimum atomic E-state index is -0.833. The summed E-state index contributed by atoms with van der Waals surface area (Å²) in [6.07, 6.45) is 1.16. The van der Waals surface area contributed by atoms with Crippen LogP contribution in [0.1, 0.15) is 35.8 Å². The molecule has 2 aromatic heterocycles. The third kappa shape index (κ3) is 3.45. The third-order valence-corrected chi connectivity index (χ3v) is 8.70. The van der Waals surface area contributed by atoms with Gasteiger partial charge in [-0.3, -0.25) is 14.9 Å². The first-order valence-electron chi connectivity index (χ1n) is 11.7. The second-order valence-electron chi connectivity index (χ2n) is 9.48. The summed E-state index contributed by atoms with van der Waals surface area (Å²) in [6, 6.07) is 5.45. The van der Waals surface area contributed by atoms with E-state index in [0.29, 0.717) is 5.56 Å². The summed E-state index contributed by atoms with van der Waals surface area (Å²) in [7, 11) is 2.00. The van der Waals surface area contributed by atoms with Gasteiger partial charge in [0.1, 0.15) is 18.5 Å². The zero-order valence-electron chi connectivity index (χ0n) is 20.6. The molecule has 0 aliphatic carbocycles. The number of benzene rings is 1. The van der Waals surface area contributed by atoms with Gasteiger partial charge in [0.25, 0.3) is 11.5 Å². The van der Waals surface area contributed by atoms with Crippen molar-refractivity contribution in [2.45, 2.75) is 46.4 Å². The van der Waals surface area contributed by atoms with E-state index in [1.54, 1.807) is 18.3 Å². The quantitative estimate of drug-likeness (QED) is 0.179. The minimum Gasteiger partial charge on any atom is -0.456 e. The Hall–Kier alpha value is -3.57. The Morgan fingerprint density at radius 2 is 1.97 bits per heavy atom. The molecule has 2 aliphatic heterocycles. The number of nitro groups is 1. The van der Waals surface area contributed by atoms with Gasteiger partial charge in [-0.15, -0.1) is 0 Å². The van der Waals surface area contributed by atoms with Crippen LogP contribution in [0.15, 0.2) is 36.2 Å². The maximum Gasteiger partial charge on any atom is 0.355 e. The number of imidazole rings is 1. The van der Waals surface area contributed by atoms with Crippen molar-refractivity contribution in [3.05, 3.63) is 68.2 Å². The summed E-state index contributed by atoms with van der Waals surface area (Å²) >= 11 is 1.55. The van der Waals surface area contributed by atoms with Crippen molar-refractivity contribution in [3.63, 3.8) is 0 Å². The number of thiazole rings is 1. The van der Waals surface area contributed by atoms with Crippen LogP contribution < -0.4 is 4.40 Å². The molecule has 1 unspecified atom stereocenters. The van der Waals surface area contributed by atoms with Gasteiger partial charge in [0, 0.05) is 37.5 Å². The Morgan fingerprint density at radius 1 is 1.31 bits per heavy atom. The Bertz CT molecular complexity index is 1410. The number of aliphatic hydroxyl groups is 1. The first-order chi connectivity index (χ1) is 17.0. The van der Waals surface area contributed by atoms with E-state index in [4.69, 9.17) is 4.74 Å². The summed E-state index contributed by atoms with van der Waals surface area (Å²) < 4.78 is 9.78. The summed E-state index contributed by atoms with van der Waals surface area (Å²) in [5.74, 6) is -0.642. The number of rotatable bonds is 6. The number of amides is 1. The largest absolute Gasteiger partial charge is 0.456 e. The number of fused-ring (bicyclic) bond motifs is 2. The van der Waals surface area contributed by atoms with Crippen LogP contribution in [0.2, 0.25) is 0 Å². The Kier molecular flexibility index (Phi) is 5.72. The lowest BCUT2D eigenvalue weighted by Gasteiger charge is -2.46. The highest BCUT2D eigenvalue weighted by Crippen LogP contribution is 2.51. The van der Waals surface area contributed by atoms with Crippen LogP contribution in [-0.4, -0.2) is 43.5 Å². The molecule has 1 saturated heterocycles. The number of hydrogen-bond donors (Lipinski definition) is 1. The maximum absolute atomic E-state index is 13.4. The van der Waals surface area contributed by atoms with Crippen LogP contribution in [0.25, 0.3) is 10.4 Å². The van der Waals surface area contributed by atoms with Gasteiger partial charge < -0.3 is 14.7 Å². The number of β-lactam (4-membered cyclic amide) rings is 1. The molecule has 5 rings (SSSR count). The molecule has 3 aromatic rings. The minimum absolute atomic E-state index is 0.0500. The second kappa shape index (κ2) is 8.52. The van der Waals surface area contributed by atoms with Gasteiger partial charge in [0.15, 0.2) is 5.69 Å². The van der Waals surface area contributed by atoms with E-state index in [0.717, 1.165) is 26.8 Å². The Morgan fingerprint density at radius 3 is 2.56 bits per heavy atom. The number of aliphatic hydroxyl groups excluding tert-OH is 1. The molecule has 1 fully saturated rings. The summed E-state index contributed by atoms with van der Waals surface area (Å²) in [5.41, 5.74) is 2.59. The van der Waals surface area contributed by atoms with Crippen molar-refractivity contribution in [1.29, 1.82) is 0 Å². The van der Waals surface area contributed by atoms with Crippen molar-refractivity contribution in [3.8, 4) is 0 Å². The van der Waals surface area contributed by atoms with Crippen LogP contribution in [0.5, 0.6) is 0 Å². The molecule has 1 N–H and O–H groups in total. The number of non-ortho nitro benzene ring substituents is 1. The fourth-order valence-electron chi connectivity index (χ4n) is 5.33. The zero-order valence-corrected chi connectivity index (χ0v) is 21.4. The monoisotopic (exact) mass is 511 g/mol. The lowest BCUT2D eigenvalue weighted by molar-refractivity contribution is -0.516. The smallest absolute Gasteiger partial charge is 0.355 e. The molecule has 0 bridgehead atoms. The van der Waals surface area contributed by atoms with Crippen molar-refractivity contribution >= 4 is 39.3 Å². The zero-order chi connectivity index (χ0) is 26.0. The molecule has 4 atom stereocenters. The first-order valence-corrected chi connectivity index (χ1v) is 12.5. The fourth-order valence-corrected chi connectivity index (χ4v) is 6.66. The number of carbonyl (C=O) groups is 2. The SMILES string of the molecule is Cc1c2sc(C3=C(C(=O)OCc4ccc([N+](=O)[O-])cc4)N4C(=O)[C@H]([C@@H](C)O)C4[C@H]3C)c[n+]2c(C)n1C. The summed E-state index contributed by atoms with van der Waals surface area (Å²) in [5, 5.41) is 21.1. The molecule has 10 nitrogen and oxygen atoms in total. The molecule has 4 heterocycles. The van der Waals surface area contributed by atoms with E-state index in [-0.39, 0.29) is 35.9 Å². The average molecular weight is 512 g/mol. The van der Waals surface area contributed by atoms with Crippen LogP contribution in [0.4, 0.5) is 5.69 Å². The Labute approximate surface area is 211 Å². The molecule has 2 aliphatic rings. The molecular formula is C25H27N4O6S+. The lowest BCUT2D eigenvalue weighted by Crippen LogP contribution is -2.63. The van der Waals surface area contributed by atoms with Gasteiger partial charge in [0.05, 0.1) is 34.9 Å². The van der Waals surface area contributed by atoms with Crippen LogP contribution >= 0.6 is 11.3 Å². The lowest BCUT2D eigenvalue weighted by atomic mass is 9.77. The molecular weight excluding hydrogens is 484 g/mol. The van der Waals surface area contributed by atoms with E-state index >= 15 is 0 Å². The number of nitrogens with zero attached hydrogens (tertiary/aromatic N) is 4. The average Bonchev–Trinajstić information content (AvgIpc) is 3.43. The van der Waals surface area contributed by atoms with Crippen molar-refractivity contribution < 1.29 is 28.8 Å². The topological polar surface area (TPSA) is 119 Å². The number of esters is 1. The van der Waals surface area contributed by atoms with E-state index in [1.807, 2.05) is 34.0 Å². The van der Waals surface area contributed by atoms with Gasteiger partial charge in [-0.25, -0.2) is 9.36 Å². The third-order valence-electron chi connectivity index (χ3n) is 7.47. The maximum atomic E-state index is 13.4. The number of ether oxygens (including phenoxy) is 1. The number of carbonyl (C=O) groups excluding carboxylic acids is 2. The second-order valence-corrected chi connectivity index (χ2v) is 10.5. The first kappa shape index (κ1) is 24.1. The van der Waals surface area contributed by atoms with Gasteiger partial charge >= 0.3 is 5.97 Å². The Balaban J connectivity index is 1.52. The van der Waals surface area contributed by atoms with Crippen LogP contribution in [0.3, 0.4) is 0 Å². The standard InChI is InChI=1S/C25H27N4O6S/c1-12-19(18-10-27-15(4)26(5)13(2)24(27)36-18)22(28-21(12)20(14(3)30)23(28)31)25(32)35-11-16-6-8-17(9-7-16)29(33)34/h6-10,12,14,20-21,30H,11H2,1-5H3/q+1/t12-,14+,20+,21?/m0/s1. The molecule has 0 spiro atoms. The molecule has 0 saturated carbocycles. The highest BCUT2D eigenvalue weighted by Gasteiger charge is 2.60. The number of aryl methyl sites for hydroxylation is 2. The van der Waals surface area contributed by atoms with Crippen molar-refractivity contribution in [2.75, 3.05) is 0 Å². The van der Waals surface area contributed by atoms with E-state index in [2.05, 4.69) is 8.97 Å². The number of hydrogen-bond acceptors (Lipinski definition) is 7. The number of nitro benzene ring substituents is 1. The number of aromatic nitrogens is 2. The fraction of sp³-hybridized carbons (Fsp3) is 0.400. The van der Waals surface area contributed by atoms with E-state index in [1.165, 1.54) is 29.2 Å².